The van der Waals surface area contributed by atoms with Crippen LogP contribution in [0.3, 0.4) is 0 Å². The highest BCUT2D eigenvalue weighted by Gasteiger charge is 2.39. The first-order valence-electron chi connectivity index (χ1n) is 13.8. The van der Waals surface area contributed by atoms with Crippen molar-refractivity contribution in [2.45, 2.75) is 39.1 Å². The SMILES string of the molecule is C=CC(COC(C)=O)N1CN(C(C)C=C)n2cc(C(=O)NCc3c(F)cc(F)cc3F)c(=O)c(OCc3ccccc3)c2C1=O. The van der Waals surface area contributed by atoms with Crippen LogP contribution in [0.5, 0.6) is 5.75 Å². The Bertz CT molecular complexity index is 1670. The fourth-order valence-corrected chi connectivity index (χ4v) is 4.62. The van der Waals surface area contributed by atoms with Gasteiger partial charge in [0.05, 0.1) is 12.1 Å². The number of hydrogen-bond donors (Lipinski definition) is 1. The number of carbonyl (C=O) groups excluding carboxylic acids is 3. The Kier molecular flexibility index (Phi) is 10.1. The zero-order valence-corrected chi connectivity index (χ0v) is 24.6. The largest absolute Gasteiger partial charge is 0.482 e. The molecule has 3 aromatic rings. The molecule has 236 valence electrons. The summed E-state index contributed by atoms with van der Waals surface area (Å²) in [7, 11) is 0. The molecule has 0 aliphatic carbocycles. The number of nitrogens with one attached hydrogen (secondary N) is 1. The summed E-state index contributed by atoms with van der Waals surface area (Å²) in [6.45, 7) is 9.39. The summed E-state index contributed by atoms with van der Waals surface area (Å²) in [5.41, 5.74) is -1.64. The third kappa shape index (κ3) is 7.08. The van der Waals surface area contributed by atoms with E-state index in [-0.39, 0.29) is 25.6 Å². The fourth-order valence-electron chi connectivity index (χ4n) is 4.62. The van der Waals surface area contributed by atoms with Gasteiger partial charge in [0, 0.05) is 37.4 Å². The topological polar surface area (TPSA) is 110 Å². The monoisotopic (exact) mass is 624 g/mol. The van der Waals surface area contributed by atoms with Crippen molar-refractivity contribution in [1.29, 1.82) is 0 Å². The number of carbonyl (C=O) groups is 3. The van der Waals surface area contributed by atoms with Crippen molar-refractivity contribution in [3.63, 3.8) is 0 Å². The van der Waals surface area contributed by atoms with Crippen LogP contribution in [0.25, 0.3) is 0 Å². The van der Waals surface area contributed by atoms with E-state index in [2.05, 4.69) is 18.5 Å². The van der Waals surface area contributed by atoms with E-state index in [4.69, 9.17) is 9.47 Å². The molecule has 0 saturated heterocycles. The van der Waals surface area contributed by atoms with Gasteiger partial charge in [-0.1, -0.05) is 42.5 Å². The second-order valence-electron chi connectivity index (χ2n) is 10.1. The second-order valence-corrected chi connectivity index (χ2v) is 10.1. The number of nitrogens with zero attached hydrogens (tertiary/aromatic N) is 3. The zero-order chi connectivity index (χ0) is 32.8. The standard InChI is InChI=1S/C32H31F3N4O6/c1-5-19(3)39-18-37(23(6-2)17-44-20(4)40)32(43)28-30(45-16-21-10-8-7-9-11-21)29(41)25(15-38(28)39)31(42)36-14-24-26(34)12-22(33)13-27(24)35/h5-13,15,19,23H,1-2,14,16-18H2,3-4H3,(H,36,42). The van der Waals surface area contributed by atoms with Crippen LogP contribution in [-0.4, -0.2) is 52.7 Å². The number of halogens is 3. The normalized spacial score (nSPS) is 13.8. The molecule has 0 bridgehead atoms. The van der Waals surface area contributed by atoms with Crippen LogP contribution in [0.2, 0.25) is 0 Å². The summed E-state index contributed by atoms with van der Waals surface area (Å²) < 4.78 is 54.2. The minimum atomic E-state index is -1.22. The lowest BCUT2D eigenvalue weighted by Gasteiger charge is -2.44. The van der Waals surface area contributed by atoms with Crippen LogP contribution in [0.15, 0.2) is 78.8 Å². The molecular formula is C32H31F3N4O6. The summed E-state index contributed by atoms with van der Waals surface area (Å²) in [6, 6.07) is 8.42. The molecular weight excluding hydrogens is 593 g/mol. The van der Waals surface area contributed by atoms with Crippen LogP contribution in [0, 0.1) is 17.5 Å². The molecule has 2 unspecified atom stereocenters. The Labute approximate surface area is 256 Å². The molecule has 2 aromatic carbocycles. The molecule has 2 amide bonds. The van der Waals surface area contributed by atoms with Gasteiger partial charge >= 0.3 is 5.97 Å². The number of hydrogen-bond acceptors (Lipinski definition) is 7. The van der Waals surface area contributed by atoms with E-state index in [1.807, 2.05) is 0 Å². The van der Waals surface area contributed by atoms with Gasteiger partial charge in [-0.05, 0) is 12.5 Å². The fraction of sp³-hybridized carbons (Fsp3) is 0.250. The Morgan fingerprint density at radius 3 is 2.33 bits per heavy atom. The van der Waals surface area contributed by atoms with Crippen LogP contribution >= 0.6 is 0 Å². The van der Waals surface area contributed by atoms with Crippen molar-refractivity contribution in [2.75, 3.05) is 18.3 Å². The molecule has 13 heteroatoms. The van der Waals surface area contributed by atoms with E-state index in [1.165, 1.54) is 22.6 Å². The number of pyridine rings is 1. The molecule has 1 N–H and O–H groups in total. The van der Waals surface area contributed by atoms with Gasteiger partial charge in [-0.2, -0.15) is 0 Å². The maximum absolute atomic E-state index is 14.2. The summed E-state index contributed by atoms with van der Waals surface area (Å²) in [4.78, 5) is 54.1. The van der Waals surface area contributed by atoms with E-state index in [0.717, 1.165) is 6.20 Å². The molecule has 1 aliphatic heterocycles. The number of amides is 2. The molecule has 45 heavy (non-hydrogen) atoms. The molecule has 0 fully saturated rings. The van der Waals surface area contributed by atoms with Gasteiger partial charge in [0.15, 0.2) is 11.4 Å². The number of rotatable bonds is 12. The Balaban J connectivity index is 1.82. The lowest BCUT2D eigenvalue weighted by Crippen LogP contribution is -2.60. The molecule has 1 aromatic heterocycles. The predicted octanol–water partition coefficient (Wildman–Crippen LogP) is 3.82. The smallest absolute Gasteiger partial charge is 0.302 e. The van der Waals surface area contributed by atoms with Gasteiger partial charge in [0.2, 0.25) is 5.43 Å². The third-order valence-electron chi connectivity index (χ3n) is 7.13. The van der Waals surface area contributed by atoms with Gasteiger partial charge < -0.3 is 19.7 Å². The molecule has 10 nitrogen and oxygen atoms in total. The van der Waals surface area contributed by atoms with Gasteiger partial charge in [-0.15, -0.1) is 13.2 Å². The van der Waals surface area contributed by atoms with Crippen molar-refractivity contribution in [1.82, 2.24) is 14.9 Å². The first-order chi connectivity index (χ1) is 21.5. The summed E-state index contributed by atoms with van der Waals surface area (Å²) in [6.07, 6.45) is 4.12. The minimum absolute atomic E-state index is 0.106. The van der Waals surface area contributed by atoms with Crippen molar-refractivity contribution in [3.05, 3.63) is 124 Å². The number of aromatic nitrogens is 1. The number of benzene rings is 2. The van der Waals surface area contributed by atoms with Crippen molar-refractivity contribution in [3.8, 4) is 5.75 Å². The van der Waals surface area contributed by atoms with Crippen molar-refractivity contribution >= 4 is 17.8 Å². The van der Waals surface area contributed by atoms with Crippen LogP contribution in [-0.2, 0) is 22.7 Å². The van der Waals surface area contributed by atoms with E-state index < -0.39 is 76.2 Å². The summed E-state index contributed by atoms with van der Waals surface area (Å²) >= 11 is 0. The van der Waals surface area contributed by atoms with Gasteiger partial charge in [0.1, 0.15) is 42.9 Å². The lowest BCUT2D eigenvalue weighted by atomic mass is 10.1. The zero-order valence-electron chi connectivity index (χ0n) is 24.6. The minimum Gasteiger partial charge on any atom is -0.482 e. The van der Waals surface area contributed by atoms with Gasteiger partial charge in [-0.25, -0.2) is 13.2 Å². The number of fused-ring (bicyclic) bond motifs is 1. The number of ether oxygens (including phenoxy) is 2. The van der Waals surface area contributed by atoms with Crippen molar-refractivity contribution < 1.29 is 37.0 Å². The van der Waals surface area contributed by atoms with Gasteiger partial charge in [0.25, 0.3) is 11.8 Å². The van der Waals surface area contributed by atoms with E-state index in [1.54, 1.807) is 48.3 Å². The summed E-state index contributed by atoms with van der Waals surface area (Å²) in [5.74, 6) is -6.30. The van der Waals surface area contributed by atoms with Crippen LogP contribution < -0.4 is 20.5 Å². The molecule has 2 atom stereocenters. The first kappa shape index (κ1) is 32.6. The average molecular weight is 625 g/mol. The lowest BCUT2D eigenvalue weighted by molar-refractivity contribution is -0.142. The van der Waals surface area contributed by atoms with E-state index in [0.29, 0.717) is 17.7 Å². The second kappa shape index (κ2) is 14.0. The summed E-state index contributed by atoms with van der Waals surface area (Å²) in [5, 5.41) is 3.90. The highest BCUT2D eigenvalue weighted by Crippen LogP contribution is 2.26. The average Bonchev–Trinajstić information content (AvgIpc) is 3.00. The maximum Gasteiger partial charge on any atom is 0.302 e. The third-order valence-corrected chi connectivity index (χ3v) is 7.13. The quantitative estimate of drug-likeness (QED) is 0.241. The maximum atomic E-state index is 14.2. The van der Waals surface area contributed by atoms with Gasteiger partial charge in [-0.3, -0.25) is 28.9 Å². The van der Waals surface area contributed by atoms with Crippen LogP contribution in [0.4, 0.5) is 13.2 Å². The van der Waals surface area contributed by atoms with Crippen LogP contribution in [0.1, 0.15) is 45.8 Å². The molecule has 2 heterocycles. The Morgan fingerprint density at radius 1 is 1.07 bits per heavy atom. The molecule has 4 rings (SSSR count). The molecule has 0 radical (unpaired) electrons. The molecule has 0 saturated carbocycles. The highest BCUT2D eigenvalue weighted by atomic mass is 19.1. The molecule has 1 aliphatic rings. The predicted molar refractivity (Wildman–Crippen MR) is 158 cm³/mol. The Hall–Kier alpha value is -5.33. The molecule has 0 spiro atoms. The highest BCUT2D eigenvalue weighted by molar-refractivity contribution is 5.99. The van der Waals surface area contributed by atoms with E-state index in [9.17, 15) is 32.3 Å². The Morgan fingerprint density at radius 2 is 1.73 bits per heavy atom. The first-order valence-corrected chi connectivity index (χ1v) is 13.8. The van der Waals surface area contributed by atoms with Crippen molar-refractivity contribution in [2.24, 2.45) is 0 Å². The number of esters is 1. The van der Waals surface area contributed by atoms with E-state index >= 15 is 0 Å².